The number of rotatable bonds is 7. The number of likely N-dealkylation sites (N-methyl/N-ethyl adjacent to an activating group) is 1. The number of hydrogen-bond acceptors (Lipinski definition) is 5. The van der Waals surface area contributed by atoms with Crippen LogP contribution < -0.4 is 0 Å². The zero-order chi connectivity index (χ0) is 21.7. The third kappa shape index (κ3) is 5.84. The topological polar surface area (TPSA) is 54.2 Å². The number of nitrogens with zero attached hydrogens (tertiary/aromatic N) is 4. The predicted molar refractivity (Wildman–Crippen MR) is 121 cm³/mol. The lowest BCUT2D eigenvalue weighted by Crippen LogP contribution is -2.44. The average molecular weight is 513 g/mol. The minimum Gasteiger partial charge on any atom is -0.381 e. The smallest absolute Gasteiger partial charge is 0.137 e. The third-order valence-corrected chi connectivity index (χ3v) is 6.58. The van der Waals surface area contributed by atoms with E-state index in [9.17, 15) is 13.9 Å². The lowest BCUT2D eigenvalue weighted by Gasteiger charge is -2.34. The van der Waals surface area contributed by atoms with Gasteiger partial charge in [0.15, 0.2) is 0 Å². The Hall–Kier alpha value is -1.88. The minimum absolute atomic E-state index is 0.0142. The van der Waals surface area contributed by atoms with Gasteiger partial charge in [0, 0.05) is 28.9 Å². The first-order valence-corrected chi connectivity index (χ1v) is 11.1. The fraction of sp³-hybridized carbons (Fsp3) is 0.250. The summed E-state index contributed by atoms with van der Waals surface area (Å²) in [5.74, 6) is -0.902. The van der Waals surface area contributed by atoms with Gasteiger partial charge in [-0.2, -0.15) is 5.10 Å². The Morgan fingerprint density at radius 1 is 1.30 bits per heavy atom. The van der Waals surface area contributed by atoms with Crippen LogP contribution in [0.5, 0.6) is 0 Å². The number of benzene rings is 2. The summed E-state index contributed by atoms with van der Waals surface area (Å²) >= 11 is 10.4. The highest BCUT2D eigenvalue weighted by molar-refractivity contribution is 9.10. The zero-order valence-electron chi connectivity index (χ0n) is 16.0. The Kier molecular flexibility index (Phi) is 7.56. The second kappa shape index (κ2) is 9.95. The summed E-state index contributed by atoms with van der Waals surface area (Å²) in [6.07, 6.45) is 2.75. The first-order valence-electron chi connectivity index (χ1n) is 8.89. The highest BCUT2D eigenvalue weighted by atomic mass is 79.9. The third-order valence-electron chi connectivity index (χ3n) is 4.38. The first-order chi connectivity index (χ1) is 14.3. The maximum absolute atomic E-state index is 14.5. The molecule has 0 bridgehead atoms. The van der Waals surface area contributed by atoms with E-state index >= 15 is 0 Å². The van der Waals surface area contributed by atoms with Crippen LogP contribution in [0.2, 0.25) is 0 Å². The normalized spacial score (nSPS) is 13.1. The largest absolute Gasteiger partial charge is 0.381 e. The average Bonchev–Trinajstić information content (AvgIpc) is 3.18. The molecule has 0 fully saturated rings. The van der Waals surface area contributed by atoms with Crippen LogP contribution in [-0.4, -0.2) is 42.7 Å². The molecule has 1 N–H and O–H groups in total. The molecule has 3 rings (SSSR count). The monoisotopic (exact) mass is 512 g/mol. The summed E-state index contributed by atoms with van der Waals surface area (Å²) < 4.78 is 30.8. The Morgan fingerprint density at radius 3 is 2.77 bits per heavy atom. The number of aliphatic hydroxyl groups is 1. The van der Waals surface area contributed by atoms with Crippen LogP contribution in [-0.2, 0) is 17.9 Å². The molecule has 10 heteroatoms. The van der Waals surface area contributed by atoms with E-state index in [-0.39, 0.29) is 18.7 Å². The quantitative estimate of drug-likeness (QED) is 0.474. The summed E-state index contributed by atoms with van der Waals surface area (Å²) in [4.78, 5) is 5.54. The number of thioether (sulfide) groups is 1. The van der Waals surface area contributed by atoms with Crippen molar-refractivity contribution in [2.75, 3.05) is 13.6 Å². The van der Waals surface area contributed by atoms with Crippen LogP contribution in [0.4, 0.5) is 8.78 Å². The predicted octanol–water partition coefficient (Wildman–Crippen LogP) is 4.36. The number of halogens is 3. The molecular weight excluding hydrogens is 494 g/mol. The molecule has 0 amide bonds. The van der Waals surface area contributed by atoms with Crippen molar-refractivity contribution in [3.8, 4) is 0 Å². The molecule has 2 aromatic carbocycles. The molecule has 30 heavy (non-hydrogen) atoms. The molecule has 0 aliphatic carbocycles. The molecule has 0 radical (unpaired) electrons. The Labute approximate surface area is 191 Å². The Bertz CT molecular complexity index is 1020. The molecule has 1 heterocycles. The van der Waals surface area contributed by atoms with Gasteiger partial charge >= 0.3 is 0 Å². The first kappa shape index (κ1) is 22.8. The van der Waals surface area contributed by atoms with Gasteiger partial charge in [-0.15, -0.1) is 0 Å². The van der Waals surface area contributed by atoms with Gasteiger partial charge in [-0.3, -0.25) is 0 Å². The van der Waals surface area contributed by atoms with Gasteiger partial charge in [0.1, 0.15) is 34.2 Å². The van der Waals surface area contributed by atoms with Crippen molar-refractivity contribution in [2.45, 2.75) is 17.9 Å². The van der Waals surface area contributed by atoms with Crippen LogP contribution >= 0.6 is 39.9 Å². The number of thiocarbonyl (C=S) groups is 1. The molecule has 0 aliphatic rings. The van der Waals surface area contributed by atoms with Gasteiger partial charge in [0.2, 0.25) is 0 Å². The van der Waals surface area contributed by atoms with Crippen molar-refractivity contribution in [3.05, 3.63) is 82.4 Å². The molecule has 0 spiro atoms. The second-order valence-corrected chi connectivity index (χ2v) is 9.31. The molecule has 1 atom stereocenters. The van der Waals surface area contributed by atoms with Crippen molar-refractivity contribution >= 4 is 44.2 Å². The van der Waals surface area contributed by atoms with Gasteiger partial charge in [-0.1, -0.05) is 58.1 Å². The Morgan fingerprint density at radius 2 is 2.10 bits per heavy atom. The fourth-order valence-electron chi connectivity index (χ4n) is 3.01. The van der Waals surface area contributed by atoms with Gasteiger partial charge in [0.05, 0.1) is 13.1 Å². The summed E-state index contributed by atoms with van der Waals surface area (Å²) in [5.41, 5.74) is -0.653. The van der Waals surface area contributed by atoms with Crippen LogP contribution in [0.15, 0.2) is 59.6 Å². The van der Waals surface area contributed by atoms with Crippen molar-refractivity contribution in [1.29, 1.82) is 0 Å². The van der Waals surface area contributed by atoms with Crippen LogP contribution in [0.25, 0.3) is 0 Å². The SMILES string of the molecule is CN(CC(O)(Cn1cncn1)c1ccc(F)cc1F)C(=S)SCc1cccc(Br)c1. The number of aromatic nitrogens is 3. The van der Waals surface area contributed by atoms with Crippen molar-refractivity contribution in [3.63, 3.8) is 0 Å². The fourth-order valence-corrected chi connectivity index (χ4v) is 4.45. The van der Waals surface area contributed by atoms with Crippen LogP contribution in [0.3, 0.4) is 0 Å². The van der Waals surface area contributed by atoms with Crippen molar-refractivity contribution in [2.24, 2.45) is 0 Å². The maximum Gasteiger partial charge on any atom is 0.137 e. The van der Waals surface area contributed by atoms with Crippen LogP contribution in [0.1, 0.15) is 11.1 Å². The van der Waals surface area contributed by atoms with E-state index in [1.54, 1.807) is 11.9 Å². The molecule has 0 saturated heterocycles. The van der Waals surface area contributed by atoms with E-state index in [1.807, 2.05) is 24.3 Å². The molecule has 1 aromatic heterocycles. The van der Waals surface area contributed by atoms with E-state index in [4.69, 9.17) is 12.2 Å². The standard InChI is InChI=1S/C20H19BrF2N4OS2/c1-26(19(29)30-9-14-3-2-4-15(21)7-14)10-20(28,11-27-13-24-12-25-27)17-6-5-16(22)8-18(17)23/h2-8,12-13,28H,9-11H2,1H3. The van der Waals surface area contributed by atoms with E-state index in [1.165, 1.54) is 35.2 Å². The van der Waals surface area contributed by atoms with E-state index < -0.39 is 17.2 Å². The van der Waals surface area contributed by atoms with Gasteiger partial charge < -0.3 is 10.0 Å². The summed E-state index contributed by atoms with van der Waals surface area (Å²) in [6, 6.07) is 11.0. The lowest BCUT2D eigenvalue weighted by atomic mass is 9.92. The highest BCUT2D eigenvalue weighted by Gasteiger charge is 2.35. The molecular formula is C20H19BrF2N4OS2. The zero-order valence-corrected chi connectivity index (χ0v) is 19.2. The van der Waals surface area contributed by atoms with Gasteiger partial charge in [0.25, 0.3) is 0 Å². The summed E-state index contributed by atoms with van der Waals surface area (Å²) in [7, 11) is 1.73. The molecule has 0 saturated carbocycles. The molecule has 1 unspecified atom stereocenters. The number of hydrogen-bond donors (Lipinski definition) is 1. The minimum atomic E-state index is -1.71. The van der Waals surface area contributed by atoms with Gasteiger partial charge in [-0.25, -0.2) is 18.4 Å². The lowest BCUT2D eigenvalue weighted by molar-refractivity contribution is -0.00240. The second-order valence-electron chi connectivity index (χ2n) is 6.79. The van der Waals surface area contributed by atoms with Gasteiger partial charge in [-0.05, 0) is 23.8 Å². The summed E-state index contributed by atoms with van der Waals surface area (Å²) in [6.45, 7) is -0.0848. The molecule has 0 aliphatic heterocycles. The van der Waals surface area contributed by atoms with Crippen LogP contribution in [0, 0.1) is 11.6 Å². The van der Waals surface area contributed by atoms with E-state index in [2.05, 4.69) is 26.0 Å². The molecule has 5 nitrogen and oxygen atoms in total. The summed E-state index contributed by atoms with van der Waals surface area (Å²) in [5, 5.41) is 15.4. The van der Waals surface area contributed by atoms with Crippen molar-refractivity contribution < 1.29 is 13.9 Å². The molecule has 3 aromatic rings. The van der Waals surface area contributed by atoms with Crippen molar-refractivity contribution in [1.82, 2.24) is 19.7 Å². The Balaban J connectivity index is 1.77. The van der Waals surface area contributed by atoms with E-state index in [0.717, 1.165) is 22.2 Å². The van der Waals surface area contributed by atoms with E-state index in [0.29, 0.717) is 10.1 Å². The maximum atomic E-state index is 14.5. The highest BCUT2D eigenvalue weighted by Crippen LogP contribution is 2.29. The molecule has 158 valence electrons.